The van der Waals surface area contributed by atoms with E-state index in [1.54, 1.807) is 6.92 Å². The molecule has 0 saturated carbocycles. The summed E-state index contributed by atoms with van der Waals surface area (Å²) in [6.45, 7) is 1.61. The summed E-state index contributed by atoms with van der Waals surface area (Å²) in [5, 5.41) is 10.1. The summed E-state index contributed by atoms with van der Waals surface area (Å²) in [6.07, 6.45) is 1.47. The molecule has 1 aromatic rings. The van der Waals surface area contributed by atoms with Gasteiger partial charge in [-0.1, -0.05) is 11.3 Å². The molecule has 0 radical (unpaired) electrons. The largest absolute Gasteiger partial charge is 0.385 e. The van der Waals surface area contributed by atoms with Crippen molar-refractivity contribution in [1.82, 2.24) is 4.72 Å². The van der Waals surface area contributed by atoms with Gasteiger partial charge < -0.3 is 5.73 Å². The van der Waals surface area contributed by atoms with Crippen LogP contribution < -0.4 is 10.5 Å². The minimum Gasteiger partial charge on any atom is -0.385 e. The van der Waals surface area contributed by atoms with Gasteiger partial charge >= 0.3 is 5.69 Å². The highest BCUT2D eigenvalue weighted by Gasteiger charge is 2.25. The number of nitrogens with one attached hydrogen (secondary N) is 1. The van der Waals surface area contributed by atoms with Crippen molar-refractivity contribution in [2.75, 3.05) is 18.5 Å². The molecule has 0 spiro atoms. The van der Waals surface area contributed by atoms with Crippen LogP contribution in [0.15, 0.2) is 10.3 Å². The van der Waals surface area contributed by atoms with Crippen LogP contribution in [0.3, 0.4) is 0 Å². The second kappa shape index (κ2) is 5.94. The molecule has 0 amide bonds. The molecule has 2 atom stereocenters. The Hall–Kier alpha value is -1.04. The third-order valence-electron chi connectivity index (χ3n) is 2.31. The number of nitro groups is 1. The van der Waals surface area contributed by atoms with Crippen LogP contribution in [0.25, 0.3) is 0 Å². The van der Waals surface area contributed by atoms with Crippen molar-refractivity contribution in [1.29, 1.82) is 0 Å². The number of nitrogens with zero attached hydrogens (tertiary/aromatic N) is 1. The molecule has 108 valence electrons. The van der Waals surface area contributed by atoms with Gasteiger partial charge in [-0.15, -0.1) is 0 Å². The third-order valence-corrected chi connectivity index (χ3v) is 6.46. The molecule has 1 aromatic heterocycles. The molecule has 0 saturated heterocycles. The number of anilines is 1. The Labute approximate surface area is 116 Å². The zero-order chi connectivity index (χ0) is 14.8. The molecule has 1 heterocycles. The Kier molecular flexibility index (Phi) is 5.01. The van der Waals surface area contributed by atoms with Crippen molar-refractivity contribution in [3.05, 3.63) is 16.2 Å². The minimum absolute atomic E-state index is 0.0168. The van der Waals surface area contributed by atoms with Crippen LogP contribution in [-0.4, -0.2) is 35.6 Å². The lowest BCUT2D eigenvalue weighted by Crippen LogP contribution is -2.32. The fourth-order valence-electron chi connectivity index (χ4n) is 1.06. The van der Waals surface area contributed by atoms with E-state index in [-0.39, 0.29) is 21.0 Å². The summed E-state index contributed by atoms with van der Waals surface area (Å²) in [5.74, 6) is 0. The molecule has 3 N–H and O–H groups in total. The van der Waals surface area contributed by atoms with Crippen molar-refractivity contribution in [2.45, 2.75) is 16.4 Å². The van der Waals surface area contributed by atoms with Crippen LogP contribution >= 0.6 is 11.3 Å². The normalized spacial score (nSPS) is 15.1. The standard InChI is InChI=1S/C8H13N3O5S3/c1-5(18(2)14)4-10-19(15,16)7-3-6(11(12)13)8(9)17-7/h3,5,10H,4,9H2,1-2H3. The predicted molar refractivity (Wildman–Crippen MR) is 74.1 cm³/mol. The smallest absolute Gasteiger partial charge is 0.304 e. The first kappa shape index (κ1) is 16.0. The zero-order valence-corrected chi connectivity index (χ0v) is 12.6. The van der Waals surface area contributed by atoms with Gasteiger partial charge in [-0.3, -0.25) is 14.3 Å². The molecule has 0 fully saturated rings. The molecule has 0 aliphatic rings. The van der Waals surface area contributed by atoms with Crippen molar-refractivity contribution in [3.8, 4) is 0 Å². The van der Waals surface area contributed by atoms with E-state index in [0.29, 0.717) is 11.3 Å². The Balaban J connectivity index is 2.92. The van der Waals surface area contributed by atoms with E-state index in [0.717, 1.165) is 6.07 Å². The molecule has 0 aromatic carbocycles. The Morgan fingerprint density at radius 1 is 1.63 bits per heavy atom. The van der Waals surface area contributed by atoms with E-state index in [2.05, 4.69) is 4.72 Å². The quantitative estimate of drug-likeness (QED) is 0.570. The maximum absolute atomic E-state index is 11.9. The number of nitrogen functional groups attached to an aromatic ring is 1. The summed E-state index contributed by atoms with van der Waals surface area (Å²) < 4.78 is 36.9. The number of hydrogen-bond donors (Lipinski definition) is 2. The molecule has 19 heavy (non-hydrogen) atoms. The summed E-state index contributed by atoms with van der Waals surface area (Å²) >= 11 is 0.619. The number of rotatable bonds is 6. The SMILES string of the molecule is CC(CNS(=O)(=O)c1cc([N+](=O)[O-])c(N)s1)S(C)=O. The number of thiophene rings is 1. The fraction of sp³-hybridized carbons (Fsp3) is 0.500. The van der Waals surface area contributed by atoms with Crippen molar-refractivity contribution >= 4 is 42.8 Å². The van der Waals surface area contributed by atoms with Gasteiger partial charge in [-0.05, 0) is 6.92 Å². The van der Waals surface area contributed by atoms with E-state index in [4.69, 9.17) is 5.73 Å². The molecule has 0 aliphatic carbocycles. The molecule has 8 nitrogen and oxygen atoms in total. The first-order valence-corrected chi connectivity index (χ1v) is 8.93. The molecular weight excluding hydrogens is 314 g/mol. The molecule has 1 rings (SSSR count). The average Bonchev–Trinajstić information content (AvgIpc) is 2.69. The Morgan fingerprint density at radius 3 is 2.63 bits per heavy atom. The van der Waals surface area contributed by atoms with Crippen LogP contribution in [0.1, 0.15) is 6.92 Å². The molecule has 0 aliphatic heterocycles. The maximum atomic E-state index is 11.9. The number of hydrogen-bond acceptors (Lipinski definition) is 7. The van der Waals surface area contributed by atoms with E-state index in [1.165, 1.54) is 6.26 Å². The summed E-state index contributed by atoms with van der Waals surface area (Å²) in [7, 11) is -5.04. The van der Waals surface area contributed by atoms with Crippen molar-refractivity contribution in [3.63, 3.8) is 0 Å². The lowest BCUT2D eigenvalue weighted by Gasteiger charge is -2.09. The Bertz CT molecular complexity index is 609. The molecule has 11 heteroatoms. The zero-order valence-electron chi connectivity index (χ0n) is 10.2. The maximum Gasteiger partial charge on any atom is 0.304 e. The first-order chi connectivity index (χ1) is 8.65. The van der Waals surface area contributed by atoms with E-state index < -0.39 is 31.4 Å². The van der Waals surface area contributed by atoms with Crippen LogP contribution in [-0.2, 0) is 20.8 Å². The number of sulfonamides is 1. The van der Waals surface area contributed by atoms with Gasteiger partial charge in [-0.25, -0.2) is 13.1 Å². The monoisotopic (exact) mass is 327 g/mol. The lowest BCUT2D eigenvalue weighted by molar-refractivity contribution is -0.383. The van der Waals surface area contributed by atoms with Crippen molar-refractivity contribution < 1.29 is 17.6 Å². The molecular formula is C8H13N3O5S3. The van der Waals surface area contributed by atoms with Gasteiger partial charge in [0, 0.05) is 34.9 Å². The molecule has 0 bridgehead atoms. The van der Waals surface area contributed by atoms with Gasteiger partial charge in [0.05, 0.1) is 4.92 Å². The summed E-state index contributed by atoms with van der Waals surface area (Å²) in [5.41, 5.74) is 4.95. The fourth-order valence-corrected chi connectivity index (χ4v) is 3.88. The average molecular weight is 327 g/mol. The first-order valence-electron chi connectivity index (χ1n) is 5.00. The van der Waals surface area contributed by atoms with Gasteiger partial charge in [0.25, 0.3) is 0 Å². The topological polar surface area (TPSA) is 132 Å². The number of nitrogens with two attached hydrogens (primary N) is 1. The Morgan fingerprint density at radius 2 is 2.21 bits per heavy atom. The van der Waals surface area contributed by atoms with Crippen molar-refractivity contribution in [2.24, 2.45) is 0 Å². The lowest BCUT2D eigenvalue weighted by atomic mass is 10.5. The van der Waals surface area contributed by atoms with Crippen LogP contribution in [0.5, 0.6) is 0 Å². The van der Waals surface area contributed by atoms with Gasteiger partial charge in [0.15, 0.2) is 5.00 Å². The summed E-state index contributed by atoms with van der Waals surface area (Å²) in [6, 6.07) is 0.913. The van der Waals surface area contributed by atoms with Crippen LogP contribution in [0.4, 0.5) is 10.7 Å². The van der Waals surface area contributed by atoms with Gasteiger partial charge in [0.2, 0.25) is 10.0 Å². The third kappa shape index (κ3) is 3.96. The minimum atomic E-state index is -3.87. The predicted octanol–water partition coefficient (Wildman–Crippen LogP) is 0.284. The van der Waals surface area contributed by atoms with Gasteiger partial charge in [0.1, 0.15) is 4.21 Å². The highest BCUT2D eigenvalue weighted by atomic mass is 32.2. The second-order valence-corrected chi connectivity index (χ2v) is 8.61. The highest BCUT2D eigenvalue weighted by Crippen LogP contribution is 2.34. The second-order valence-electron chi connectivity index (χ2n) is 3.73. The van der Waals surface area contributed by atoms with Gasteiger partial charge in [-0.2, -0.15) is 0 Å². The molecule has 2 unspecified atom stereocenters. The van der Waals surface area contributed by atoms with Crippen LogP contribution in [0, 0.1) is 10.1 Å². The summed E-state index contributed by atoms with van der Waals surface area (Å²) in [4.78, 5) is 9.85. The van der Waals surface area contributed by atoms with E-state index in [1.807, 2.05) is 0 Å². The van der Waals surface area contributed by atoms with E-state index >= 15 is 0 Å². The van der Waals surface area contributed by atoms with Crippen LogP contribution in [0.2, 0.25) is 0 Å². The highest BCUT2D eigenvalue weighted by molar-refractivity contribution is 7.91. The van der Waals surface area contributed by atoms with E-state index in [9.17, 15) is 22.7 Å².